The maximum atomic E-state index is 12.6. The van der Waals surface area contributed by atoms with E-state index in [2.05, 4.69) is 74.5 Å². The third-order valence-electron chi connectivity index (χ3n) is 5.38. The summed E-state index contributed by atoms with van der Waals surface area (Å²) in [5, 5.41) is 5.02. The molecule has 0 atom stereocenters. The van der Waals surface area contributed by atoms with Crippen LogP contribution in [0.25, 0.3) is 21.5 Å². The van der Waals surface area contributed by atoms with E-state index in [1.54, 1.807) is 29.2 Å². The zero-order valence-electron chi connectivity index (χ0n) is 19.9. The number of nitrogens with zero attached hydrogens (tertiary/aromatic N) is 1. The third-order valence-corrected chi connectivity index (χ3v) is 5.38. The van der Waals surface area contributed by atoms with Crippen molar-refractivity contribution in [1.29, 1.82) is 0 Å². The molecule has 4 heteroatoms. The maximum Gasteiger partial charge on any atom is 0.246 e. The average Bonchev–Trinajstić information content (AvgIpc) is 2.82. The Morgan fingerprint density at radius 3 is 2.35 bits per heavy atom. The van der Waals surface area contributed by atoms with Crippen LogP contribution in [0, 0.1) is 5.92 Å². The Morgan fingerprint density at radius 2 is 1.56 bits per heavy atom. The van der Waals surface area contributed by atoms with Gasteiger partial charge in [-0.1, -0.05) is 105 Å². The van der Waals surface area contributed by atoms with Crippen molar-refractivity contribution in [1.82, 2.24) is 4.90 Å². The quantitative estimate of drug-likeness (QED) is 0.243. The van der Waals surface area contributed by atoms with E-state index in [4.69, 9.17) is 5.73 Å². The summed E-state index contributed by atoms with van der Waals surface area (Å²) in [5.74, 6) is -0.182. The summed E-state index contributed by atoms with van der Waals surface area (Å²) < 4.78 is 0. The van der Waals surface area contributed by atoms with Crippen molar-refractivity contribution in [2.45, 2.75) is 20.3 Å². The molecular weight excluding hydrogens is 420 g/mol. The van der Waals surface area contributed by atoms with Gasteiger partial charge in [-0.05, 0) is 39.4 Å². The Balaban J connectivity index is 1.59. The first kappa shape index (κ1) is 24.7. The minimum absolute atomic E-state index is 0.0422. The molecular formula is C30H32N2O2. The molecule has 0 bridgehead atoms. The van der Waals surface area contributed by atoms with Crippen molar-refractivity contribution >= 4 is 33.4 Å². The molecule has 2 N–H and O–H groups in total. The molecule has 34 heavy (non-hydrogen) atoms. The SMILES string of the molecule is CC(C)CN(C/C=C/C=C/C(N)=O)C(=O)C=CC=CCc1ccc2c(ccc3ccccc32)c1. The predicted octanol–water partition coefficient (Wildman–Crippen LogP) is 5.73. The normalized spacial score (nSPS) is 12.3. The van der Waals surface area contributed by atoms with Crippen LogP contribution in [0.2, 0.25) is 0 Å². The van der Waals surface area contributed by atoms with Gasteiger partial charge in [0, 0.05) is 25.2 Å². The van der Waals surface area contributed by atoms with Gasteiger partial charge in [-0.3, -0.25) is 9.59 Å². The van der Waals surface area contributed by atoms with Gasteiger partial charge >= 0.3 is 0 Å². The zero-order valence-corrected chi connectivity index (χ0v) is 19.9. The minimum Gasteiger partial charge on any atom is -0.366 e. The number of primary amides is 1. The first-order valence-electron chi connectivity index (χ1n) is 11.6. The Bertz CT molecular complexity index is 1270. The summed E-state index contributed by atoms with van der Waals surface area (Å²) in [4.78, 5) is 25.1. The molecule has 0 aromatic heterocycles. The highest BCUT2D eigenvalue weighted by Gasteiger charge is 2.10. The van der Waals surface area contributed by atoms with E-state index in [-0.39, 0.29) is 5.91 Å². The Hall–Kier alpha value is -3.92. The van der Waals surface area contributed by atoms with Crippen molar-refractivity contribution in [3.8, 4) is 0 Å². The molecule has 0 radical (unpaired) electrons. The summed E-state index contributed by atoms with van der Waals surface area (Å²) in [5.41, 5.74) is 6.30. The van der Waals surface area contributed by atoms with Crippen molar-refractivity contribution in [2.75, 3.05) is 13.1 Å². The van der Waals surface area contributed by atoms with E-state index < -0.39 is 5.91 Å². The molecule has 0 aliphatic heterocycles. The van der Waals surface area contributed by atoms with Crippen LogP contribution in [0.1, 0.15) is 19.4 Å². The standard InChI is InChI=1S/C30H32N2O2/c1-23(2)22-32(20-10-4-6-14-29(31)33)30(34)15-7-3-5-11-24-16-19-28-26(21-24)18-17-25-12-8-9-13-27(25)28/h3-10,12-19,21,23H,11,20,22H2,1-2H3,(H2,31,33)/b5-3?,10-4+,14-6+,15-7?. The van der Waals surface area contributed by atoms with Crippen LogP contribution in [0.15, 0.2) is 103 Å². The summed E-state index contributed by atoms with van der Waals surface area (Å²) in [6.45, 7) is 5.28. The Morgan fingerprint density at radius 1 is 0.853 bits per heavy atom. The van der Waals surface area contributed by atoms with Gasteiger partial charge in [0.05, 0.1) is 0 Å². The third kappa shape index (κ3) is 7.31. The fraction of sp³-hybridized carbons (Fsp3) is 0.200. The molecule has 0 saturated heterocycles. The number of benzene rings is 3. The molecule has 174 valence electrons. The summed E-state index contributed by atoms with van der Waals surface area (Å²) in [6, 6.07) is 19.4. The second kappa shape index (κ2) is 12.4. The highest BCUT2D eigenvalue weighted by Crippen LogP contribution is 2.26. The van der Waals surface area contributed by atoms with Gasteiger partial charge in [0.25, 0.3) is 0 Å². The van der Waals surface area contributed by atoms with Crippen molar-refractivity contribution in [3.05, 3.63) is 109 Å². The fourth-order valence-corrected chi connectivity index (χ4v) is 3.83. The smallest absolute Gasteiger partial charge is 0.246 e. The lowest BCUT2D eigenvalue weighted by Gasteiger charge is -2.21. The van der Waals surface area contributed by atoms with Crippen LogP contribution in [-0.4, -0.2) is 29.8 Å². The first-order chi connectivity index (χ1) is 16.4. The molecule has 0 aliphatic rings. The molecule has 0 unspecified atom stereocenters. The van der Waals surface area contributed by atoms with E-state index >= 15 is 0 Å². The van der Waals surface area contributed by atoms with Crippen molar-refractivity contribution in [3.63, 3.8) is 0 Å². The average molecular weight is 453 g/mol. The first-order valence-corrected chi connectivity index (χ1v) is 11.6. The van der Waals surface area contributed by atoms with Gasteiger partial charge in [-0.2, -0.15) is 0 Å². The molecule has 3 aromatic rings. The number of rotatable bonds is 10. The van der Waals surface area contributed by atoms with Gasteiger partial charge in [0.2, 0.25) is 11.8 Å². The van der Waals surface area contributed by atoms with Gasteiger partial charge in [-0.15, -0.1) is 0 Å². The zero-order chi connectivity index (χ0) is 24.3. The van der Waals surface area contributed by atoms with E-state index in [0.717, 1.165) is 6.42 Å². The van der Waals surface area contributed by atoms with Gasteiger partial charge < -0.3 is 10.6 Å². The molecule has 4 nitrogen and oxygen atoms in total. The van der Waals surface area contributed by atoms with Crippen molar-refractivity contribution in [2.24, 2.45) is 11.7 Å². The van der Waals surface area contributed by atoms with Crippen LogP contribution < -0.4 is 5.73 Å². The minimum atomic E-state index is -0.494. The van der Waals surface area contributed by atoms with Gasteiger partial charge in [0.15, 0.2) is 0 Å². The number of hydrogen-bond donors (Lipinski definition) is 1. The largest absolute Gasteiger partial charge is 0.366 e. The number of hydrogen-bond acceptors (Lipinski definition) is 2. The van der Waals surface area contributed by atoms with E-state index in [0.29, 0.717) is 19.0 Å². The molecule has 2 amide bonds. The molecule has 0 fully saturated rings. The van der Waals surface area contributed by atoms with Crippen LogP contribution >= 0.6 is 0 Å². The molecule has 3 aromatic carbocycles. The van der Waals surface area contributed by atoms with Gasteiger partial charge in [-0.25, -0.2) is 0 Å². The molecule has 0 aliphatic carbocycles. The Labute approximate surface area is 201 Å². The summed E-state index contributed by atoms with van der Waals surface area (Å²) >= 11 is 0. The second-order valence-corrected chi connectivity index (χ2v) is 8.66. The Kier molecular flexibility index (Phi) is 8.98. The van der Waals surface area contributed by atoms with Crippen LogP contribution in [0.4, 0.5) is 0 Å². The molecule has 0 spiro atoms. The number of nitrogens with two attached hydrogens (primary N) is 1. The molecule has 3 rings (SSSR count). The van der Waals surface area contributed by atoms with Crippen molar-refractivity contribution < 1.29 is 9.59 Å². The van der Waals surface area contributed by atoms with E-state index in [9.17, 15) is 9.59 Å². The van der Waals surface area contributed by atoms with Gasteiger partial charge in [0.1, 0.15) is 0 Å². The fourth-order valence-electron chi connectivity index (χ4n) is 3.83. The molecule has 0 saturated carbocycles. The topological polar surface area (TPSA) is 63.4 Å². The van der Waals surface area contributed by atoms with Crippen LogP contribution in [-0.2, 0) is 16.0 Å². The maximum absolute atomic E-state index is 12.6. The lowest BCUT2D eigenvalue weighted by molar-refractivity contribution is -0.126. The number of carbonyl (C=O) groups is 2. The number of allylic oxidation sites excluding steroid dienone is 5. The monoisotopic (exact) mass is 452 g/mol. The summed E-state index contributed by atoms with van der Waals surface area (Å²) in [7, 11) is 0. The van der Waals surface area contributed by atoms with Crippen LogP contribution in [0.3, 0.4) is 0 Å². The highest BCUT2D eigenvalue weighted by atomic mass is 16.2. The lowest BCUT2D eigenvalue weighted by Crippen LogP contribution is -2.33. The lowest BCUT2D eigenvalue weighted by atomic mass is 9.99. The second-order valence-electron chi connectivity index (χ2n) is 8.66. The van der Waals surface area contributed by atoms with E-state index in [1.807, 2.05) is 12.2 Å². The van der Waals surface area contributed by atoms with Crippen LogP contribution in [0.5, 0.6) is 0 Å². The highest BCUT2D eigenvalue weighted by molar-refractivity contribution is 6.07. The molecule has 0 heterocycles. The summed E-state index contributed by atoms with van der Waals surface area (Å²) in [6.07, 6.45) is 14.6. The number of amides is 2. The number of fused-ring (bicyclic) bond motifs is 3. The van der Waals surface area contributed by atoms with E-state index in [1.165, 1.54) is 33.2 Å². The number of carbonyl (C=O) groups excluding carboxylic acids is 2. The predicted molar refractivity (Wildman–Crippen MR) is 142 cm³/mol.